The number of thioether (sulfide) groups is 1. The van der Waals surface area contributed by atoms with E-state index < -0.39 is 0 Å². The van der Waals surface area contributed by atoms with Gasteiger partial charge in [-0.1, -0.05) is 11.8 Å². The minimum atomic E-state index is 0.782. The molecule has 0 fully saturated rings. The number of aromatic amines is 1. The fourth-order valence-corrected chi connectivity index (χ4v) is 1.80. The molecule has 0 saturated heterocycles. The highest BCUT2D eigenvalue weighted by atomic mass is 32.2. The van der Waals surface area contributed by atoms with Gasteiger partial charge in [-0.05, 0) is 12.1 Å². The third kappa shape index (κ3) is 2.69. The van der Waals surface area contributed by atoms with E-state index in [1.165, 1.54) is 6.33 Å². The van der Waals surface area contributed by atoms with Crippen LogP contribution in [-0.2, 0) is 5.75 Å². The molecule has 0 bridgehead atoms. The zero-order valence-electron chi connectivity index (χ0n) is 8.27. The average Bonchev–Trinajstić information content (AvgIpc) is 2.79. The third-order valence-corrected chi connectivity index (χ3v) is 2.77. The molecule has 0 aromatic carbocycles. The van der Waals surface area contributed by atoms with Crippen LogP contribution in [0.3, 0.4) is 0 Å². The van der Waals surface area contributed by atoms with Gasteiger partial charge in [-0.25, -0.2) is 4.98 Å². The predicted octanol–water partition coefficient (Wildman–Crippen LogP) is 1.53. The first-order valence-electron chi connectivity index (χ1n) is 4.49. The van der Waals surface area contributed by atoms with Gasteiger partial charge in [-0.2, -0.15) is 5.10 Å². The lowest BCUT2D eigenvalue weighted by atomic mass is 10.3. The van der Waals surface area contributed by atoms with E-state index in [0.717, 1.165) is 22.3 Å². The minimum absolute atomic E-state index is 0.782. The van der Waals surface area contributed by atoms with Crippen molar-refractivity contribution in [1.82, 2.24) is 20.2 Å². The molecule has 2 aromatic heterocycles. The van der Waals surface area contributed by atoms with Gasteiger partial charge in [0.25, 0.3) is 0 Å². The molecule has 0 unspecified atom stereocenters. The number of rotatable bonds is 4. The first kappa shape index (κ1) is 9.97. The van der Waals surface area contributed by atoms with Crippen LogP contribution in [0.2, 0.25) is 0 Å². The van der Waals surface area contributed by atoms with Crippen LogP contribution in [0.4, 0.5) is 5.69 Å². The Morgan fingerprint density at radius 2 is 2.40 bits per heavy atom. The summed E-state index contributed by atoms with van der Waals surface area (Å²) in [4.78, 5) is 8.29. The highest BCUT2D eigenvalue weighted by molar-refractivity contribution is 7.98. The summed E-state index contributed by atoms with van der Waals surface area (Å²) in [7, 11) is 1.89. The molecule has 0 spiro atoms. The van der Waals surface area contributed by atoms with Crippen LogP contribution in [0.25, 0.3) is 0 Å². The predicted molar refractivity (Wildman–Crippen MR) is 59.7 cm³/mol. The van der Waals surface area contributed by atoms with Crippen molar-refractivity contribution in [3.8, 4) is 0 Å². The van der Waals surface area contributed by atoms with Crippen molar-refractivity contribution in [3.05, 3.63) is 30.4 Å². The molecular formula is C9H11N5S. The van der Waals surface area contributed by atoms with Crippen LogP contribution < -0.4 is 5.32 Å². The van der Waals surface area contributed by atoms with Gasteiger partial charge in [-0.15, -0.1) is 0 Å². The Hall–Kier alpha value is -1.56. The van der Waals surface area contributed by atoms with E-state index in [4.69, 9.17) is 0 Å². The maximum Gasteiger partial charge on any atom is 0.183 e. The summed E-state index contributed by atoms with van der Waals surface area (Å²) in [6.07, 6.45) is 3.29. The van der Waals surface area contributed by atoms with Gasteiger partial charge in [0.15, 0.2) is 5.16 Å². The smallest absolute Gasteiger partial charge is 0.183 e. The van der Waals surface area contributed by atoms with Gasteiger partial charge in [0.2, 0.25) is 0 Å². The average molecular weight is 221 g/mol. The third-order valence-electron chi connectivity index (χ3n) is 1.85. The zero-order chi connectivity index (χ0) is 10.5. The minimum Gasteiger partial charge on any atom is -0.388 e. The van der Waals surface area contributed by atoms with Gasteiger partial charge in [0, 0.05) is 24.7 Å². The Bertz CT molecular complexity index is 414. The van der Waals surface area contributed by atoms with Gasteiger partial charge >= 0.3 is 0 Å². The molecule has 0 aliphatic heterocycles. The highest BCUT2D eigenvalue weighted by Gasteiger charge is 2.00. The van der Waals surface area contributed by atoms with Crippen LogP contribution in [0, 0.1) is 0 Å². The Morgan fingerprint density at radius 3 is 3.13 bits per heavy atom. The van der Waals surface area contributed by atoms with Gasteiger partial charge in [0.05, 0.1) is 5.69 Å². The second-order valence-electron chi connectivity index (χ2n) is 2.87. The largest absolute Gasteiger partial charge is 0.388 e. The van der Waals surface area contributed by atoms with Crippen LogP contribution in [0.15, 0.2) is 29.8 Å². The van der Waals surface area contributed by atoms with E-state index in [9.17, 15) is 0 Å². The molecule has 0 atom stereocenters. The lowest BCUT2D eigenvalue weighted by Crippen LogP contribution is -1.92. The quantitative estimate of drug-likeness (QED) is 0.766. The fourth-order valence-electron chi connectivity index (χ4n) is 1.12. The number of anilines is 1. The number of hydrogen-bond donors (Lipinski definition) is 2. The second kappa shape index (κ2) is 4.79. The van der Waals surface area contributed by atoms with E-state index in [1.54, 1.807) is 18.0 Å². The summed E-state index contributed by atoms with van der Waals surface area (Å²) >= 11 is 1.58. The monoisotopic (exact) mass is 221 g/mol. The molecule has 2 N–H and O–H groups in total. The molecule has 0 saturated carbocycles. The van der Waals surface area contributed by atoms with Crippen molar-refractivity contribution in [2.75, 3.05) is 12.4 Å². The normalized spacial score (nSPS) is 10.2. The summed E-state index contributed by atoms with van der Waals surface area (Å²) in [6, 6.07) is 3.95. The standard InChI is InChI=1S/C9H11N5S/c1-10-7-2-3-11-8(4-7)5-15-9-12-6-13-14-9/h2-4,6H,5H2,1H3,(H,10,11)(H,12,13,14). The summed E-state index contributed by atoms with van der Waals surface area (Å²) in [5.41, 5.74) is 2.08. The molecule has 6 heteroatoms. The number of pyridine rings is 1. The SMILES string of the molecule is CNc1ccnc(CSc2ncn[nH]2)c1. The molecule has 0 aliphatic rings. The molecule has 78 valence electrons. The highest BCUT2D eigenvalue weighted by Crippen LogP contribution is 2.18. The Balaban J connectivity index is 1.98. The number of nitrogens with one attached hydrogen (secondary N) is 2. The lowest BCUT2D eigenvalue weighted by molar-refractivity contribution is 0.971. The fraction of sp³-hybridized carbons (Fsp3) is 0.222. The molecule has 0 radical (unpaired) electrons. The summed E-state index contributed by atoms with van der Waals surface area (Å²) < 4.78 is 0. The summed E-state index contributed by atoms with van der Waals surface area (Å²) in [6.45, 7) is 0. The van der Waals surface area contributed by atoms with Crippen molar-refractivity contribution >= 4 is 17.4 Å². The molecule has 0 amide bonds. The number of aromatic nitrogens is 4. The first-order chi connectivity index (χ1) is 7.38. The Morgan fingerprint density at radius 1 is 1.47 bits per heavy atom. The lowest BCUT2D eigenvalue weighted by Gasteiger charge is -2.02. The van der Waals surface area contributed by atoms with Crippen LogP contribution >= 0.6 is 11.8 Å². The van der Waals surface area contributed by atoms with Crippen molar-refractivity contribution in [2.45, 2.75) is 10.9 Å². The van der Waals surface area contributed by atoms with Crippen LogP contribution in [-0.4, -0.2) is 27.2 Å². The molecular weight excluding hydrogens is 210 g/mol. The van der Waals surface area contributed by atoms with E-state index >= 15 is 0 Å². The van der Waals surface area contributed by atoms with Crippen molar-refractivity contribution < 1.29 is 0 Å². The van der Waals surface area contributed by atoms with Gasteiger partial charge in [-0.3, -0.25) is 10.1 Å². The second-order valence-corrected chi connectivity index (χ2v) is 3.83. The first-order valence-corrected chi connectivity index (χ1v) is 5.48. The maximum atomic E-state index is 4.26. The Labute approximate surface area is 91.7 Å². The summed E-state index contributed by atoms with van der Waals surface area (Å²) in [5.74, 6) is 0.782. The zero-order valence-corrected chi connectivity index (χ0v) is 9.08. The van der Waals surface area contributed by atoms with Crippen molar-refractivity contribution in [3.63, 3.8) is 0 Å². The molecule has 2 heterocycles. The molecule has 15 heavy (non-hydrogen) atoms. The van der Waals surface area contributed by atoms with Gasteiger partial charge < -0.3 is 5.32 Å². The van der Waals surface area contributed by atoms with Crippen molar-refractivity contribution in [2.24, 2.45) is 0 Å². The molecule has 2 rings (SSSR count). The van der Waals surface area contributed by atoms with E-state index in [1.807, 2.05) is 19.2 Å². The maximum absolute atomic E-state index is 4.26. The van der Waals surface area contributed by atoms with Crippen LogP contribution in [0.5, 0.6) is 0 Å². The van der Waals surface area contributed by atoms with E-state index in [2.05, 4.69) is 25.5 Å². The van der Waals surface area contributed by atoms with Crippen LogP contribution in [0.1, 0.15) is 5.69 Å². The van der Waals surface area contributed by atoms with E-state index in [-0.39, 0.29) is 0 Å². The molecule has 5 nitrogen and oxygen atoms in total. The Kier molecular flexibility index (Phi) is 3.18. The molecule has 0 aliphatic carbocycles. The number of nitrogens with zero attached hydrogens (tertiary/aromatic N) is 3. The summed E-state index contributed by atoms with van der Waals surface area (Å²) in [5, 5.41) is 10.5. The molecule has 2 aromatic rings. The number of H-pyrrole nitrogens is 1. The van der Waals surface area contributed by atoms with Gasteiger partial charge in [0.1, 0.15) is 6.33 Å². The van der Waals surface area contributed by atoms with Crippen molar-refractivity contribution in [1.29, 1.82) is 0 Å². The topological polar surface area (TPSA) is 66.5 Å². The van der Waals surface area contributed by atoms with E-state index in [0.29, 0.717) is 0 Å². The number of hydrogen-bond acceptors (Lipinski definition) is 5.